The fourth-order valence-corrected chi connectivity index (χ4v) is 3.01. The van der Waals surface area contributed by atoms with E-state index in [0.29, 0.717) is 11.7 Å². The number of nitrogens with zero attached hydrogens (tertiary/aromatic N) is 3. The first-order chi connectivity index (χ1) is 10.1. The molecule has 3 heterocycles. The zero-order valence-electron chi connectivity index (χ0n) is 12.9. The normalized spacial score (nSPS) is 21.4. The van der Waals surface area contributed by atoms with Gasteiger partial charge in [0, 0.05) is 6.20 Å². The smallest absolute Gasteiger partial charge is 0.244 e. The van der Waals surface area contributed by atoms with Gasteiger partial charge in [-0.25, -0.2) is 0 Å². The van der Waals surface area contributed by atoms with E-state index in [-0.39, 0.29) is 11.5 Å². The Bertz CT molecular complexity index is 620. The molecule has 1 N–H and O–H groups in total. The second-order valence-electron chi connectivity index (χ2n) is 6.30. The maximum Gasteiger partial charge on any atom is 0.244 e. The molecule has 0 radical (unpaired) electrons. The highest BCUT2D eigenvalue weighted by Gasteiger charge is 2.37. The van der Waals surface area contributed by atoms with Crippen molar-refractivity contribution >= 4 is 0 Å². The third-order valence-corrected chi connectivity index (χ3v) is 4.30. The van der Waals surface area contributed by atoms with E-state index in [0.717, 1.165) is 30.6 Å². The van der Waals surface area contributed by atoms with Crippen molar-refractivity contribution in [1.29, 1.82) is 0 Å². The molecular weight excluding hydrogens is 264 g/mol. The maximum atomic E-state index is 5.53. The lowest BCUT2D eigenvalue weighted by Gasteiger charge is -2.36. The molecule has 2 aromatic heterocycles. The fraction of sp³-hybridized carbons (Fsp3) is 0.562. The number of nitrogens with one attached hydrogen (secondary N) is 1. The van der Waals surface area contributed by atoms with Crippen LogP contribution in [0.2, 0.25) is 0 Å². The summed E-state index contributed by atoms with van der Waals surface area (Å²) in [6.07, 6.45) is 5.02. The molecule has 0 amide bonds. The van der Waals surface area contributed by atoms with Crippen LogP contribution in [0.1, 0.15) is 51.1 Å². The minimum Gasteiger partial charge on any atom is -0.337 e. The third-order valence-electron chi connectivity index (χ3n) is 4.30. The predicted molar refractivity (Wildman–Crippen MR) is 80.7 cm³/mol. The highest BCUT2D eigenvalue weighted by molar-refractivity contribution is 5.53. The van der Waals surface area contributed by atoms with E-state index in [9.17, 15) is 0 Å². The number of pyridine rings is 1. The van der Waals surface area contributed by atoms with Crippen LogP contribution in [-0.4, -0.2) is 21.7 Å². The lowest BCUT2D eigenvalue weighted by atomic mass is 9.77. The molecule has 3 rings (SSSR count). The lowest BCUT2D eigenvalue weighted by molar-refractivity contribution is 0.146. The van der Waals surface area contributed by atoms with E-state index in [1.54, 1.807) is 6.20 Å². The van der Waals surface area contributed by atoms with Crippen LogP contribution in [0.25, 0.3) is 11.5 Å². The monoisotopic (exact) mass is 286 g/mol. The summed E-state index contributed by atoms with van der Waals surface area (Å²) in [6, 6.07) is 4.11. The first-order valence-corrected chi connectivity index (χ1v) is 7.63. The summed E-state index contributed by atoms with van der Waals surface area (Å²) in [5.74, 6) is 1.26. The zero-order chi connectivity index (χ0) is 14.9. The van der Waals surface area contributed by atoms with E-state index in [4.69, 9.17) is 4.52 Å². The van der Waals surface area contributed by atoms with Gasteiger partial charge in [0.05, 0.1) is 6.04 Å². The second-order valence-corrected chi connectivity index (χ2v) is 6.30. The zero-order valence-corrected chi connectivity index (χ0v) is 12.9. The van der Waals surface area contributed by atoms with Crippen LogP contribution in [0.4, 0.5) is 0 Å². The van der Waals surface area contributed by atoms with Crippen molar-refractivity contribution < 1.29 is 4.52 Å². The van der Waals surface area contributed by atoms with Gasteiger partial charge in [-0.05, 0) is 42.9 Å². The number of piperidine rings is 1. The molecule has 5 heteroatoms. The Kier molecular flexibility index (Phi) is 3.76. The summed E-state index contributed by atoms with van der Waals surface area (Å²) in [5, 5.41) is 7.65. The van der Waals surface area contributed by atoms with Crippen molar-refractivity contribution in [1.82, 2.24) is 20.4 Å². The van der Waals surface area contributed by atoms with Gasteiger partial charge >= 0.3 is 0 Å². The van der Waals surface area contributed by atoms with E-state index >= 15 is 0 Å². The molecule has 5 nitrogen and oxygen atoms in total. The molecule has 21 heavy (non-hydrogen) atoms. The molecule has 0 saturated carbocycles. The van der Waals surface area contributed by atoms with Crippen molar-refractivity contribution in [3.8, 4) is 11.5 Å². The van der Waals surface area contributed by atoms with Crippen LogP contribution in [0.15, 0.2) is 22.9 Å². The summed E-state index contributed by atoms with van der Waals surface area (Å²) in [6.45, 7) is 7.58. The van der Waals surface area contributed by atoms with Gasteiger partial charge in [-0.2, -0.15) is 4.98 Å². The van der Waals surface area contributed by atoms with Gasteiger partial charge in [0.1, 0.15) is 5.69 Å². The molecule has 112 valence electrons. The molecule has 0 aromatic carbocycles. The van der Waals surface area contributed by atoms with E-state index < -0.39 is 0 Å². The summed E-state index contributed by atoms with van der Waals surface area (Å²) in [4.78, 5) is 9.01. The second kappa shape index (κ2) is 5.56. The molecule has 1 atom stereocenters. The minimum absolute atomic E-state index is 0.112. The van der Waals surface area contributed by atoms with Crippen LogP contribution >= 0.6 is 0 Å². The summed E-state index contributed by atoms with van der Waals surface area (Å²) >= 11 is 0. The molecule has 1 aliphatic rings. The number of rotatable bonds is 3. The Hall–Kier alpha value is -1.75. The summed E-state index contributed by atoms with van der Waals surface area (Å²) in [5.41, 5.74) is 2.09. The third kappa shape index (κ3) is 2.70. The highest BCUT2D eigenvalue weighted by Crippen LogP contribution is 2.39. The van der Waals surface area contributed by atoms with Crippen LogP contribution < -0.4 is 5.32 Å². The Morgan fingerprint density at radius 1 is 1.43 bits per heavy atom. The van der Waals surface area contributed by atoms with Gasteiger partial charge < -0.3 is 9.84 Å². The predicted octanol–water partition coefficient (Wildman–Crippen LogP) is 3.14. The van der Waals surface area contributed by atoms with Crippen LogP contribution in [-0.2, 0) is 6.42 Å². The quantitative estimate of drug-likeness (QED) is 0.939. The van der Waals surface area contributed by atoms with Crippen molar-refractivity contribution in [2.75, 3.05) is 6.54 Å². The molecule has 1 saturated heterocycles. The fourth-order valence-electron chi connectivity index (χ4n) is 3.01. The van der Waals surface area contributed by atoms with E-state index in [1.807, 2.05) is 6.07 Å². The Labute approximate surface area is 125 Å². The number of hydrogen-bond acceptors (Lipinski definition) is 5. The minimum atomic E-state index is 0.112. The largest absolute Gasteiger partial charge is 0.337 e. The lowest BCUT2D eigenvalue weighted by Crippen LogP contribution is -2.39. The highest BCUT2D eigenvalue weighted by atomic mass is 16.5. The number of aromatic nitrogens is 3. The summed E-state index contributed by atoms with van der Waals surface area (Å²) in [7, 11) is 0. The first kappa shape index (κ1) is 14.2. The van der Waals surface area contributed by atoms with Crippen molar-refractivity contribution in [3.63, 3.8) is 0 Å². The van der Waals surface area contributed by atoms with Crippen LogP contribution in [0.5, 0.6) is 0 Å². The maximum absolute atomic E-state index is 5.53. The first-order valence-electron chi connectivity index (χ1n) is 7.63. The molecule has 1 aliphatic heterocycles. The number of aryl methyl sites for hydroxylation is 1. The molecule has 0 aliphatic carbocycles. The number of hydrogen-bond donors (Lipinski definition) is 1. The van der Waals surface area contributed by atoms with Crippen LogP contribution in [0, 0.1) is 5.41 Å². The van der Waals surface area contributed by atoms with Gasteiger partial charge in [-0.1, -0.05) is 32.0 Å². The molecule has 1 fully saturated rings. The Morgan fingerprint density at radius 3 is 3.05 bits per heavy atom. The average Bonchev–Trinajstić information content (AvgIpc) is 2.96. The van der Waals surface area contributed by atoms with Crippen molar-refractivity contribution in [2.45, 2.75) is 46.1 Å². The molecule has 0 spiro atoms. The summed E-state index contributed by atoms with van der Waals surface area (Å²) < 4.78 is 5.53. The van der Waals surface area contributed by atoms with Crippen molar-refractivity contribution in [3.05, 3.63) is 29.8 Å². The van der Waals surface area contributed by atoms with Gasteiger partial charge in [0.25, 0.3) is 0 Å². The SMILES string of the molecule is CCc1cccnc1-c1noc(C2NCCCC2(C)C)n1. The molecule has 0 bridgehead atoms. The van der Waals surface area contributed by atoms with Gasteiger partial charge in [-0.15, -0.1) is 0 Å². The average molecular weight is 286 g/mol. The Morgan fingerprint density at radius 2 is 2.29 bits per heavy atom. The standard InChI is InChI=1S/C16H22N4O/c1-4-11-7-5-9-17-12(11)14-19-15(21-20-14)13-16(2,3)8-6-10-18-13/h5,7,9,13,18H,4,6,8,10H2,1-3H3. The molecule has 2 aromatic rings. The van der Waals surface area contributed by atoms with Gasteiger partial charge in [0.2, 0.25) is 11.7 Å². The topological polar surface area (TPSA) is 63.8 Å². The molecular formula is C16H22N4O. The van der Waals surface area contributed by atoms with Gasteiger partial charge in [-0.3, -0.25) is 4.98 Å². The van der Waals surface area contributed by atoms with Crippen molar-refractivity contribution in [2.24, 2.45) is 5.41 Å². The van der Waals surface area contributed by atoms with Crippen LogP contribution in [0.3, 0.4) is 0 Å². The van der Waals surface area contributed by atoms with E-state index in [1.165, 1.54) is 6.42 Å². The molecule has 1 unspecified atom stereocenters. The Balaban J connectivity index is 1.93. The van der Waals surface area contributed by atoms with Gasteiger partial charge in [0.15, 0.2) is 0 Å². The van der Waals surface area contributed by atoms with E-state index in [2.05, 4.69) is 47.3 Å².